The number of hydrogen-bond donors (Lipinski definition) is 3. The summed E-state index contributed by atoms with van der Waals surface area (Å²) in [4.78, 5) is 53.0. The number of primary amides is 1. The first kappa shape index (κ1) is 20.6. The Hall–Kier alpha value is -3.30. The lowest BCUT2D eigenvalue weighted by Crippen LogP contribution is -2.53. The predicted octanol–water partition coefficient (Wildman–Crippen LogP) is 1.28. The van der Waals surface area contributed by atoms with Crippen LogP contribution >= 0.6 is 11.6 Å². The van der Waals surface area contributed by atoms with Gasteiger partial charge < -0.3 is 11.1 Å². The van der Waals surface area contributed by atoms with E-state index in [4.69, 9.17) is 17.3 Å². The average Bonchev–Trinajstić information content (AvgIpc) is 3.30. The van der Waals surface area contributed by atoms with Gasteiger partial charge in [-0.1, -0.05) is 29.8 Å². The Bertz CT molecular complexity index is 1200. The normalized spacial score (nSPS) is 28.2. The number of imide groups is 1. The molecule has 8 nitrogen and oxygen atoms in total. The molecule has 0 aromatic heterocycles. The highest BCUT2D eigenvalue weighted by atomic mass is 35.5. The second kappa shape index (κ2) is 7.11. The Morgan fingerprint density at radius 2 is 1.91 bits per heavy atom. The molecule has 4 N–H and O–H groups in total. The molecule has 2 aromatic rings. The lowest BCUT2D eigenvalue weighted by Gasteiger charge is -2.29. The number of hydrogen-bond acceptors (Lipinski definition) is 5. The van der Waals surface area contributed by atoms with Crippen molar-refractivity contribution < 1.29 is 23.6 Å². The van der Waals surface area contributed by atoms with Gasteiger partial charge in [-0.2, -0.15) is 0 Å². The first-order chi connectivity index (χ1) is 15.2. The minimum atomic E-state index is -1.69. The molecule has 1 spiro atoms. The largest absolute Gasteiger partial charge is 0.370 e. The maximum absolute atomic E-state index is 14.1. The summed E-state index contributed by atoms with van der Waals surface area (Å²) in [5.41, 5.74) is 4.83. The van der Waals surface area contributed by atoms with Gasteiger partial charge in [0.15, 0.2) is 0 Å². The Labute approximate surface area is 186 Å². The molecule has 0 saturated carbocycles. The van der Waals surface area contributed by atoms with E-state index < -0.39 is 52.9 Å². The Morgan fingerprint density at radius 1 is 1.16 bits per heavy atom. The van der Waals surface area contributed by atoms with Gasteiger partial charge in [-0.15, -0.1) is 0 Å². The molecular weight excluding hydrogens is 439 g/mol. The van der Waals surface area contributed by atoms with Gasteiger partial charge in [0.05, 0.1) is 18.4 Å². The number of nitrogens with zero attached hydrogens (tertiary/aromatic N) is 1. The first-order valence-electron chi connectivity index (χ1n) is 10.00. The lowest BCUT2D eigenvalue weighted by molar-refractivity contribution is -0.143. The summed E-state index contributed by atoms with van der Waals surface area (Å²) in [6.45, 7) is -0.0820. The van der Waals surface area contributed by atoms with E-state index in [2.05, 4.69) is 10.6 Å². The second-order valence-electron chi connectivity index (χ2n) is 8.23. The summed E-state index contributed by atoms with van der Waals surface area (Å²) >= 11 is 6.22. The van der Waals surface area contributed by atoms with E-state index in [0.29, 0.717) is 16.3 Å². The van der Waals surface area contributed by atoms with Crippen LogP contribution in [0, 0.1) is 17.7 Å². The van der Waals surface area contributed by atoms with Crippen LogP contribution in [0.1, 0.15) is 17.5 Å². The van der Waals surface area contributed by atoms with Crippen molar-refractivity contribution in [3.63, 3.8) is 0 Å². The van der Waals surface area contributed by atoms with E-state index in [1.165, 1.54) is 18.2 Å². The SMILES string of the molecule is NC(=O)C[C@H]1N[C@]2(C(=O)Nc3ccc(F)cc32)[C@@H]2C(=O)N(Cc3ccccc3Cl)C(=O)[C@@H]21. The number of amides is 4. The molecule has 5 rings (SSSR count). The van der Waals surface area contributed by atoms with Crippen LogP contribution in [0.3, 0.4) is 0 Å². The first-order valence-corrected chi connectivity index (χ1v) is 10.4. The van der Waals surface area contributed by atoms with Gasteiger partial charge in [0, 0.05) is 28.7 Å². The average molecular weight is 457 g/mol. The molecule has 4 amide bonds. The van der Waals surface area contributed by atoms with Gasteiger partial charge in [-0.3, -0.25) is 29.4 Å². The topological polar surface area (TPSA) is 122 Å². The van der Waals surface area contributed by atoms with Gasteiger partial charge >= 0.3 is 0 Å². The van der Waals surface area contributed by atoms with Gasteiger partial charge in [-0.25, -0.2) is 4.39 Å². The minimum absolute atomic E-state index is 0.0820. The summed E-state index contributed by atoms with van der Waals surface area (Å²) in [6.07, 6.45) is -0.264. The van der Waals surface area contributed by atoms with Crippen molar-refractivity contribution >= 4 is 40.9 Å². The third-order valence-electron chi connectivity index (χ3n) is 6.48. The lowest BCUT2D eigenvalue weighted by atomic mass is 9.76. The number of nitrogens with two attached hydrogens (primary N) is 1. The third kappa shape index (κ3) is 2.78. The van der Waals surface area contributed by atoms with Crippen molar-refractivity contribution in [2.24, 2.45) is 17.6 Å². The Balaban J connectivity index is 1.62. The highest BCUT2D eigenvalue weighted by molar-refractivity contribution is 6.31. The molecule has 3 heterocycles. The molecule has 32 heavy (non-hydrogen) atoms. The van der Waals surface area contributed by atoms with Crippen molar-refractivity contribution in [1.82, 2.24) is 10.2 Å². The predicted molar refractivity (Wildman–Crippen MR) is 111 cm³/mol. The Morgan fingerprint density at radius 3 is 2.62 bits per heavy atom. The number of carbonyl (C=O) groups excluding carboxylic acids is 4. The summed E-state index contributed by atoms with van der Waals surface area (Å²) < 4.78 is 14.1. The summed E-state index contributed by atoms with van der Waals surface area (Å²) in [5.74, 6) is -5.18. The van der Waals surface area contributed by atoms with Crippen LogP contribution in [0.15, 0.2) is 42.5 Å². The zero-order valence-corrected chi connectivity index (χ0v) is 17.4. The molecule has 4 atom stereocenters. The number of anilines is 1. The monoisotopic (exact) mass is 456 g/mol. The van der Waals surface area contributed by atoms with Crippen molar-refractivity contribution in [2.45, 2.75) is 24.5 Å². The minimum Gasteiger partial charge on any atom is -0.370 e. The van der Waals surface area contributed by atoms with Crippen molar-refractivity contribution in [2.75, 3.05) is 5.32 Å². The van der Waals surface area contributed by atoms with Crippen LogP contribution in [0.2, 0.25) is 5.02 Å². The van der Waals surface area contributed by atoms with Crippen LogP contribution < -0.4 is 16.4 Å². The van der Waals surface area contributed by atoms with Crippen LogP contribution in [0.4, 0.5) is 10.1 Å². The van der Waals surface area contributed by atoms with Gasteiger partial charge in [0.2, 0.25) is 23.6 Å². The van der Waals surface area contributed by atoms with Crippen LogP contribution in [0.5, 0.6) is 0 Å². The van der Waals surface area contributed by atoms with Crippen LogP contribution in [0.25, 0.3) is 0 Å². The van der Waals surface area contributed by atoms with Crippen molar-refractivity contribution in [3.8, 4) is 0 Å². The highest BCUT2D eigenvalue weighted by Crippen LogP contribution is 2.53. The van der Waals surface area contributed by atoms with E-state index in [1.807, 2.05) is 0 Å². The number of nitrogens with one attached hydrogen (secondary N) is 2. The molecule has 0 radical (unpaired) electrons. The number of carbonyl (C=O) groups is 4. The number of halogens is 2. The maximum Gasteiger partial charge on any atom is 0.250 e. The standard InChI is InChI=1S/C22H18ClFN4O4/c23-13-4-2-1-3-10(13)9-28-19(30)17-15(8-16(25)29)27-22(18(17)20(28)31)12-7-11(24)5-6-14(12)26-21(22)32/h1-7,15,17-18,27H,8-9H2,(H2,25,29)(H,26,32)/t15-,17-,18+,22+/m1/s1. The number of fused-ring (bicyclic) bond motifs is 4. The molecule has 2 fully saturated rings. The van der Waals surface area contributed by atoms with Crippen LogP contribution in [-0.4, -0.2) is 34.6 Å². The fourth-order valence-corrected chi connectivity index (χ4v) is 5.37. The molecule has 3 aliphatic rings. The molecular formula is C22H18ClFN4O4. The maximum atomic E-state index is 14.1. The third-order valence-corrected chi connectivity index (χ3v) is 6.84. The van der Waals surface area contributed by atoms with E-state index in [-0.39, 0.29) is 18.5 Å². The molecule has 2 saturated heterocycles. The molecule has 0 unspecified atom stereocenters. The fourth-order valence-electron chi connectivity index (χ4n) is 5.18. The number of rotatable bonds is 4. The van der Waals surface area contributed by atoms with Crippen molar-refractivity contribution in [1.29, 1.82) is 0 Å². The second-order valence-corrected chi connectivity index (χ2v) is 8.64. The van der Waals surface area contributed by atoms with Gasteiger partial charge in [0.1, 0.15) is 11.4 Å². The molecule has 0 aliphatic carbocycles. The number of benzene rings is 2. The van der Waals surface area contributed by atoms with E-state index in [0.717, 1.165) is 4.90 Å². The summed E-state index contributed by atoms with van der Waals surface area (Å²) in [5, 5.41) is 6.07. The molecule has 0 bridgehead atoms. The zero-order valence-electron chi connectivity index (χ0n) is 16.6. The highest BCUT2D eigenvalue weighted by Gasteiger charge is 2.70. The molecule has 2 aromatic carbocycles. The van der Waals surface area contributed by atoms with Crippen molar-refractivity contribution in [3.05, 3.63) is 64.4 Å². The smallest absolute Gasteiger partial charge is 0.250 e. The molecule has 164 valence electrons. The summed E-state index contributed by atoms with van der Waals surface area (Å²) in [7, 11) is 0. The number of likely N-dealkylation sites (tertiary alicyclic amines) is 1. The quantitative estimate of drug-likeness (QED) is 0.598. The fraction of sp³-hybridized carbons (Fsp3) is 0.273. The molecule has 10 heteroatoms. The van der Waals surface area contributed by atoms with Crippen LogP contribution in [-0.2, 0) is 31.3 Å². The van der Waals surface area contributed by atoms with E-state index >= 15 is 0 Å². The Kier molecular flexibility index (Phi) is 4.58. The molecule has 3 aliphatic heterocycles. The zero-order chi connectivity index (χ0) is 22.8. The van der Waals surface area contributed by atoms with E-state index in [9.17, 15) is 23.6 Å². The van der Waals surface area contributed by atoms with E-state index in [1.54, 1.807) is 24.3 Å². The summed E-state index contributed by atoms with van der Waals surface area (Å²) in [6, 6.07) is 9.68. The van der Waals surface area contributed by atoms with Gasteiger partial charge in [-0.05, 0) is 29.8 Å². The van der Waals surface area contributed by atoms with Gasteiger partial charge in [0.25, 0.3) is 0 Å².